The number of halogens is 1. The van der Waals surface area contributed by atoms with Crippen LogP contribution >= 0.6 is 0 Å². The van der Waals surface area contributed by atoms with Crippen molar-refractivity contribution in [3.63, 3.8) is 0 Å². The summed E-state index contributed by atoms with van der Waals surface area (Å²) in [5.41, 5.74) is 0. The molecule has 0 fully saturated rings. The van der Waals surface area contributed by atoms with E-state index in [0.717, 1.165) is 0 Å². The van der Waals surface area contributed by atoms with Crippen LogP contribution in [-0.4, -0.2) is 85.5 Å². The maximum atomic E-state index is 10.1. The second-order valence-electron chi connectivity index (χ2n) is 0.253. The van der Waals surface area contributed by atoms with E-state index in [2.05, 4.69) is 0 Å². The van der Waals surface area contributed by atoms with Gasteiger partial charge in [-0.2, -0.15) is 4.11 Å². The Balaban J connectivity index is -0.0000000150. The van der Waals surface area contributed by atoms with E-state index in [-0.39, 0.29) is 71.5 Å². The zero-order chi connectivity index (χ0) is 3.58. The van der Waals surface area contributed by atoms with Crippen LogP contribution in [-0.2, 0) is 4.46 Å². The molecule has 0 aliphatic rings. The molecule has 0 radical (unpaired) electrons. The van der Waals surface area contributed by atoms with Gasteiger partial charge in [0, 0.05) is 0 Å². The third-order valence-corrected chi connectivity index (χ3v) is 0. The molecule has 0 heterocycles. The summed E-state index contributed by atoms with van der Waals surface area (Å²) < 4.78 is 18.6. The van der Waals surface area contributed by atoms with E-state index in [4.69, 9.17) is 9.26 Å². The molecule has 0 amide bonds. The van der Waals surface area contributed by atoms with Gasteiger partial charge in [0.05, 0.1) is 0 Å². The molecule has 0 unspecified atom stereocenters. The van der Waals surface area contributed by atoms with Crippen LogP contribution < -0.4 is 0 Å². The first-order valence-corrected chi connectivity index (χ1v) is 1.85. The summed E-state index contributed by atoms with van der Waals surface area (Å²) >= 11 is 0. The van der Waals surface area contributed by atoms with E-state index < -0.39 is 9.26 Å². The van der Waals surface area contributed by atoms with Gasteiger partial charge in [0.2, 0.25) is 0 Å². The molecular weight excluding hydrogens is 133 g/mol. The Labute approximate surface area is 92.8 Å². The minimum atomic E-state index is -3.63. The Morgan fingerprint density at radius 1 is 1.57 bits per heavy atom. The fourth-order valence-corrected chi connectivity index (χ4v) is 0. The first-order valence-electron chi connectivity index (χ1n) is 0.617. The van der Waals surface area contributed by atoms with Crippen LogP contribution in [0.3, 0.4) is 0 Å². The van der Waals surface area contributed by atoms with Crippen molar-refractivity contribution in [1.82, 2.24) is 0 Å². The topological polar surface area (TPSA) is 37.3 Å². The van der Waals surface area contributed by atoms with Gasteiger partial charge in [-0.3, -0.25) is 4.46 Å². The molecule has 0 aromatic rings. The van der Waals surface area contributed by atoms with Gasteiger partial charge in [-0.25, -0.2) is 0 Å². The van der Waals surface area contributed by atoms with Crippen molar-refractivity contribution in [3.8, 4) is 0 Å². The first-order chi connectivity index (χ1) is 1.73. The van der Waals surface area contributed by atoms with E-state index in [1.165, 1.54) is 0 Å². The van der Waals surface area contributed by atoms with E-state index in [1.807, 2.05) is 0 Å². The van der Waals surface area contributed by atoms with Crippen molar-refractivity contribution in [2.75, 3.05) is 0 Å². The maximum absolute atomic E-state index is 10.1. The molecule has 0 aliphatic carbocycles. The number of hydrogen-bond donors (Lipinski definition) is 1. The predicted octanol–water partition coefficient (Wildman–Crippen LogP) is -2.85. The van der Waals surface area contributed by atoms with Gasteiger partial charge < -0.3 is 4.80 Å². The summed E-state index contributed by atoms with van der Waals surface area (Å²) in [7, 11) is -3.63. The van der Waals surface area contributed by atoms with E-state index in [0.29, 0.717) is 0 Å². The fourth-order valence-electron chi connectivity index (χ4n) is 0. The van der Waals surface area contributed by atoms with Crippen LogP contribution in [0.1, 0.15) is 0 Å². The van der Waals surface area contributed by atoms with E-state index in [9.17, 15) is 4.11 Å². The molecule has 0 bridgehead atoms. The third-order valence-electron chi connectivity index (χ3n) is 0. The molecule has 0 saturated heterocycles. The van der Waals surface area contributed by atoms with E-state index in [1.54, 1.807) is 0 Å². The normalized spacial score (nSPS) is 3.57. The van der Waals surface area contributed by atoms with Crippen molar-refractivity contribution in [2.24, 2.45) is 0 Å². The molecule has 0 aromatic carbocycles. The van der Waals surface area contributed by atoms with Gasteiger partial charge in [-0.15, -0.1) is 0 Å². The summed E-state index contributed by atoms with van der Waals surface area (Å²) in [5.74, 6) is 0. The van der Waals surface area contributed by atoms with Crippen molar-refractivity contribution < 1.29 is 13.4 Å². The Morgan fingerprint density at radius 3 is 1.57 bits per heavy atom. The van der Waals surface area contributed by atoms with Gasteiger partial charge in [0.25, 0.3) is 0 Å². The average Bonchev–Trinajstić information content (AvgIpc) is 0.811. The van der Waals surface area contributed by atoms with Crippen LogP contribution in [0.25, 0.3) is 0 Å². The fraction of sp³-hybridized carbons (Fsp3) is 0. The van der Waals surface area contributed by atoms with Gasteiger partial charge in [-0.05, 0) is 0 Å². The average molecular weight is 138 g/mol. The molecule has 7 heteroatoms. The third kappa shape index (κ3) is 68.0. The summed E-state index contributed by atoms with van der Waals surface area (Å²) in [6.45, 7) is 0. The SMILES string of the molecule is O=[Si](O)F.[LiH].[MgH2].[NaH]. The van der Waals surface area contributed by atoms with Crippen molar-refractivity contribution in [3.05, 3.63) is 0 Å². The standard InChI is InChI=1S/FHO2Si.Li.Mg.Na.4H/c1-4(2)3;;;;;;;/h2H;;;;;;;. The van der Waals surface area contributed by atoms with Crippen LogP contribution in [0.5, 0.6) is 0 Å². The molecule has 0 saturated carbocycles. The molecular formula is H5FLiMgNaO2Si. The molecule has 0 atom stereocenters. The van der Waals surface area contributed by atoms with Gasteiger partial charge in [-0.1, -0.05) is 0 Å². The van der Waals surface area contributed by atoms with Crippen molar-refractivity contribution in [1.29, 1.82) is 0 Å². The zero-order valence-electron chi connectivity index (χ0n) is 1.73. The number of rotatable bonds is 0. The summed E-state index contributed by atoms with van der Waals surface area (Å²) in [6.07, 6.45) is 0. The van der Waals surface area contributed by atoms with Gasteiger partial charge in [0.15, 0.2) is 0 Å². The number of hydrogen-bond acceptors (Lipinski definition) is 1. The van der Waals surface area contributed by atoms with E-state index >= 15 is 0 Å². The van der Waals surface area contributed by atoms with Crippen LogP contribution in [0.15, 0.2) is 0 Å². The molecule has 2 nitrogen and oxygen atoms in total. The van der Waals surface area contributed by atoms with Gasteiger partial charge in [0.1, 0.15) is 0 Å². The Kier molecular flexibility index (Phi) is 51.5. The monoisotopic (exact) mass is 138 g/mol. The van der Waals surface area contributed by atoms with Crippen molar-refractivity contribution >= 4 is 80.7 Å². The summed E-state index contributed by atoms with van der Waals surface area (Å²) in [6, 6.07) is 0. The Bertz CT molecular complexity index is 40.7. The van der Waals surface area contributed by atoms with Crippen LogP contribution in [0, 0.1) is 0 Å². The summed E-state index contributed by atoms with van der Waals surface area (Å²) in [5, 5.41) is 0. The Morgan fingerprint density at radius 2 is 1.57 bits per heavy atom. The van der Waals surface area contributed by atoms with Crippen molar-refractivity contribution in [2.45, 2.75) is 0 Å². The van der Waals surface area contributed by atoms with Crippen LogP contribution in [0.4, 0.5) is 4.11 Å². The second-order valence-corrected chi connectivity index (χ2v) is 0.759. The minimum absolute atomic E-state index is 0. The quantitative estimate of drug-likeness (QED) is 0.289. The van der Waals surface area contributed by atoms with Crippen LogP contribution in [0.2, 0.25) is 0 Å². The first kappa shape index (κ1) is 22.9. The molecule has 0 aliphatic heterocycles. The molecule has 1 N–H and O–H groups in total. The molecule has 7 heavy (non-hydrogen) atoms. The Hall–Kier alpha value is 2.11. The van der Waals surface area contributed by atoms with Gasteiger partial charge >= 0.3 is 80.7 Å². The molecule has 0 spiro atoms. The predicted molar refractivity (Wildman–Crippen MR) is 32.6 cm³/mol. The second kappa shape index (κ2) is 15.7. The molecule has 0 rings (SSSR count). The zero-order valence-corrected chi connectivity index (χ0v) is 2.73. The summed E-state index contributed by atoms with van der Waals surface area (Å²) in [4.78, 5) is 6.94. The molecule has 0 aromatic heterocycles. The molecule has 32 valence electrons.